The number of fused-ring (bicyclic) bond motifs is 1. The summed E-state index contributed by atoms with van der Waals surface area (Å²) >= 11 is 7.48. The van der Waals surface area contributed by atoms with E-state index in [0.29, 0.717) is 9.90 Å². The molecule has 3 rings (SSSR count). The van der Waals surface area contributed by atoms with Crippen molar-refractivity contribution >= 4 is 39.1 Å². The molecule has 0 saturated heterocycles. The van der Waals surface area contributed by atoms with Crippen molar-refractivity contribution in [2.45, 2.75) is 53.6 Å². The summed E-state index contributed by atoms with van der Waals surface area (Å²) in [6.07, 6.45) is 0.901. The number of thiophene rings is 1. The summed E-state index contributed by atoms with van der Waals surface area (Å²) in [6.45, 7) is 11.9. The summed E-state index contributed by atoms with van der Waals surface area (Å²) in [5, 5.41) is 1.70. The standard InChI is InChI=1S/C22H24ClNO2S/c1-7-16-12(2)17-18(14-8-10-15(23)11-9-14)19(21(25)26-22(4,5)6)27-20(17)24-13(16)3/h8-11H,7H2,1-6H3. The quantitative estimate of drug-likeness (QED) is 0.455. The van der Waals surface area contributed by atoms with Crippen LogP contribution in [0.4, 0.5) is 0 Å². The third-order valence-electron chi connectivity index (χ3n) is 4.49. The first kappa shape index (κ1) is 19.8. The van der Waals surface area contributed by atoms with Crippen molar-refractivity contribution in [3.8, 4) is 11.1 Å². The zero-order valence-corrected chi connectivity index (χ0v) is 18.1. The lowest BCUT2D eigenvalue weighted by atomic mass is 9.96. The molecule has 0 spiro atoms. The number of nitrogens with zero attached hydrogens (tertiary/aromatic N) is 1. The highest BCUT2D eigenvalue weighted by Gasteiger charge is 2.27. The van der Waals surface area contributed by atoms with Gasteiger partial charge in [0.05, 0.1) is 0 Å². The molecule has 2 aromatic heterocycles. The molecule has 0 aliphatic carbocycles. The SMILES string of the molecule is CCc1c(C)nc2sc(C(=O)OC(C)(C)C)c(-c3ccc(Cl)cc3)c2c1C. The molecule has 0 fully saturated rings. The van der Waals surface area contributed by atoms with Gasteiger partial charge in [-0.3, -0.25) is 0 Å². The number of halogens is 1. The van der Waals surface area contributed by atoms with Crippen LogP contribution < -0.4 is 0 Å². The lowest BCUT2D eigenvalue weighted by Crippen LogP contribution is -2.23. The van der Waals surface area contributed by atoms with Crippen molar-refractivity contribution in [1.29, 1.82) is 0 Å². The van der Waals surface area contributed by atoms with Gasteiger partial charge in [0.25, 0.3) is 0 Å². The van der Waals surface area contributed by atoms with Crippen LogP contribution >= 0.6 is 22.9 Å². The Morgan fingerprint density at radius 3 is 2.37 bits per heavy atom. The van der Waals surface area contributed by atoms with E-state index in [0.717, 1.165) is 33.5 Å². The van der Waals surface area contributed by atoms with E-state index < -0.39 is 5.60 Å². The molecule has 27 heavy (non-hydrogen) atoms. The van der Waals surface area contributed by atoms with E-state index in [1.54, 1.807) is 0 Å². The van der Waals surface area contributed by atoms with E-state index in [2.05, 4.69) is 13.8 Å². The molecule has 1 aromatic carbocycles. The van der Waals surface area contributed by atoms with Crippen LogP contribution in [0.1, 0.15) is 54.2 Å². The van der Waals surface area contributed by atoms with Crippen molar-refractivity contribution in [2.24, 2.45) is 0 Å². The van der Waals surface area contributed by atoms with Gasteiger partial charge in [0.2, 0.25) is 0 Å². The average molecular weight is 402 g/mol. The fraction of sp³-hybridized carbons (Fsp3) is 0.364. The zero-order valence-electron chi connectivity index (χ0n) is 16.6. The van der Waals surface area contributed by atoms with Crippen LogP contribution in [0, 0.1) is 13.8 Å². The number of ether oxygens (including phenoxy) is 1. The van der Waals surface area contributed by atoms with Gasteiger partial charge in [-0.05, 0) is 69.9 Å². The molecule has 0 saturated carbocycles. The van der Waals surface area contributed by atoms with Gasteiger partial charge in [-0.15, -0.1) is 11.3 Å². The van der Waals surface area contributed by atoms with E-state index in [1.807, 2.05) is 52.0 Å². The molecule has 0 aliphatic rings. The number of benzene rings is 1. The third kappa shape index (κ3) is 3.87. The minimum atomic E-state index is -0.558. The van der Waals surface area contributed by atoms with Crippen LogP contribution in [0.15, 0.2) is 24.3 Å². The van der Waals surface area contributed by atoms with E-state index in [-0.39, 0.29) is 5.97 Å². The molecular weight excluding hydrogens is 378 g/mol. The summed E-state index contributed by atoms with van der Waals surface area (Å²) in [7, 11) is 0. The average Bonchev–Trinajstić information content (AvgIpc) is 2.94. The zero-order chi connectivity index (χ0) is 19.9. The molecule has 0 bridgehead atoms. The topological polar surface area (TPSA) is 39.2 Å². The van der Waals surface area contributed by atoms with Gasteiger partial charge < -0.3 is 4.74 Å². The van der Waals surface area contributed by atoms with E-state index in [4.69, 9.17) is 21.3 Å². The Labute approximate surface area is 169 Å². The Morgan fingerprint density at radius 2 is 1.81 bits per heavy atom. The molecule has 3 nitrogen and oxygen atoms in total. The van der Waals surface area contributed by atoms with Gasteiger partial charge in [-0.2, -0.15) is 0 Å². The normalized spacial score (nSPS) is 11.8. The first-order valence-electron chi connectivity index (χ1n) is 9.04. The molecule has 0 aliphatic heterocycles. The number of rotatable bonds is 3. The Kier molecular flexibility index (Phi) is 5.33. The first-order chi connectivity index (χ1) is 12.6. The van der Waals surface area contributed by atoms with Crippen molar-refractivity contribution < 1.29 is 9.53 Å². The minimum Gasteiger partial charge on any atom is -0.456 e. The maximum atomic E-state index is 13.0. The Hall–Kier alpha value is -1.91. The van der Waals surface area contributed by atoms with Gasteiger partial charge >= 0.3 is 5.97 Å². The van der Waals surface area contributed by atoms with Gasteiger partial charge in [-0.25, -0.2) is 9.78 Å². The van der Waals surface area contributed by atoms with Crippen LogP contribution in [0.3, 0.4) is 0 Å². The summed E-state index contributed by atoms with van der Waals surface area (Å²) in [5.41, 5.74) is 4.70. The van der Waals surface area contributed by atoms with Crippen molar-refractivity contribution in [2.75, 3.05) is 0 Å². The number of carbonyl (C=O) groups excluding carboxylic acids is 1. The van der Waals surface area contributed by atoms with Crippen LogP contribution in [0.25, 0.3) is 21.3 Å². The highest BCUT2D eigenvalue weighted by atomic mass is 35.5. The second-order valence-electron chi connectivity index (χ2n) is 7.65. The molecule has 0 atom stereocenters. The van der Waals surface area contributed by atoms with Gasteiger partial charge in [0.1, 0.15) is 15.3 Å². The van der Waals surface area contributed by atoms with Crippen LogP contribution in [-0.4, -0.2) is 16.6 Å². The molecule has 0 radical (unpaired) electrons. The van der Waals surface area contributed by atoms with Gasteiger partial charge in [0.15, 0.2) is 0 Å². The molecule has 142 valence electrons. The fourth-order valence-corrected chi connectivity index (χ4v) is 4.68. The number of esters is 1. The smallest absolute Gasteiger partial charge is 0.349 e. The van der Waals surface area contributed by atoms with Crippen LogP contribution in [0.2, 0.25) is 5.02 Å². The highest BCUT2D eigenvalue weighted by molar-refractivity contribution is 7.21. The molecule has 2 heterocycles. The third-order valence-corrected chi connectivity index (χ3v) is 5.81. The Balaban J connectivity index is 2.34. The highest BCUT2D eigenvalue weighted by Crippen LogP contribution is 2.42. The molecule has 0 amide bonds. The molecule has 0 N–H and O–H groups in total. The summed E-state index contributed by atoms with van der Waals surface area (Å²) < 4.78 is 5.68. The summed E-state index contributed by atoms with van der Waals surface area (Å²) in [4.78, 5) is 19.2. The monoisotopic (exact) mass is 401 g/mol. The number of aryl methyl sites for hydroxylation is 2. The summed E-state index contributed by atoms with van der Waals surface area (Å²) in [6, 6.07) is 7.58. The van der Waals surface area contributed by atoms with E-state index in [1.165, 1.54) is 22.5 Å². The molecular formula is C22H24ClNO2S. The van der Waals surface area contributed by atoms with Crippen LogP contribution in [0.5, 0.6) is 0 Å². The van der Waals surface area contributed by atoms with E-state index >= 15 is 0 Å². The maximum Gasteiger partial charge on any atom is 0.349 e. The molecule has 0 unspecified atom stereocenters. The number of aromatic nitrogens is 1. The predicted octanol–water partition coefficient (Wildman–Crippen LogP) is 6.75. The lowest BCUT2D eigenvalue weighted by molar-refractivity contribution is 0.00761. The number of hydrogen-bond donors (Lipinski definition) is 0. The minimum absolute atomic E-state index is 0.314. The first-order valence-corrected chi connectivity index (χ1v) is 10.2. The summed E-state index contributed by atoms with van der Waals surface area (Å²) in [5.74, 6) is -0.314. The van der Waals surface area contributed by atoms with Crippen molar-refractivity contribution in [3.63, 3.8) is 0 Å². The molecule has 3 aromatic rings. The maximum absolute atomic E-state index is 13.0. The second-order valence-corrected chi connectivity index (χ2v) is 9.08. The van der Waals surface area contributed by atoms with E-state index in [9.17, 15) is 4.79 Å². The number of pyridine rings is 1. The van der Waals surface area contributed by atoms with Gasteiger partial charge in [0, 0.05) is 21.7 Å². The number of carbonyl (C=O) groups is 1. The predicted molar refractivity (Wildman–Crippen MR) is 114 cm³/mol. The van der Waals surface area contributed by atoms with Crippen LogP contribution in [-0.2, 0) is 11.2 Å². The largest absolute Gasteiger partial charge is 0.456 e. The Bertz CT molecular complexity index is 1010. The van der Waals surface area contributed by atoms with Crippen molar-refractivity contribution in [1.82, 2.24) is 4.98 Å². The molecule has 5 heteroatoms. The Morgan fingerprint density at radius 1 is 1.19 bits per heavy atom. The fourth-order valence-electron chi connectivity index (χ4n) is 3.37. The number of hydrogen-bond acceptors (Lipinski definition) is 4. The lowest BCUT2D eigenvalue weighted by Gasteiger charge is -2.19. The van der Waals surface area contributed by atoms with Crippen molar-refractivity contribution in [3.05, 3.63) is 51.0 Å². The second kappa shape index (κ2) is 7.25. The van der Waals surface area contributed by atoms with Gasteiger partial charge in [-0.1, -0.05) is 30.7 Å².